The Labute approximate surface area is 108 Å². The zero-order chi connectivity index (χ0) is 13.3. The Balaban J connectivity index is 2.48. The maximum Gasteiger partial charge on any atom is 0.0787 e. The molecule has 17 heavy (non-hydrogen) atoms. The predicted octanol–water partition coefficient (Wildman–Crippen LogP) is 2.08. The van der Waals surface area contributed by atoms with Crippen LogP contribution in [0.5, 0.6) is 0 Å². The molecule has 1 fully saturated rings. The minimum Gasteiger partial charge on any atom is -0.368 e. The quantitative estimate of drug-likeness (QED) is 0.823. The predicted molar refractivity (Wildman–Crippen MR) is 73.8 cm³/mol. The largest absolute Gasteiger partial charge is 0.368 e. The van der Waals surface area contributed by atoms with E-state index in [1.54, 1.807) is 6.26 Å². The molecule has 3 unspecified atom stereocenters. The van der Waals surface area contributed by atoms with Gasteiger partial charge in [0.1, 0.15) is 0 Å². The van der Waals surface area contributed by atoms with Crippen LogP contribution in [-0.4, -0.2) is 39.5 Å². The lowest BCUT2D eigenvalue weighted by molar-refractivity contribution is -0.0703. The first-order valence-corrected chi connectivity index (χ1v) is 8.11. The Kier molecular flexibility index (Phi) is 4.78. The Morgan fingerprint density at radius 1 is 1.41 bits per heavy atom. The first-order valence-electron chi connectivity index (χ1n) is 6.39. The van der Waals surface area contributed by atoms with E-state index in [2.05, 4.69) is 39.9 Å². The molecule has 0 aromatic carbocycles. The molecule has 1 aliphatic heterocycles. The van der Waals surface area contributed by atoms with E-state index in [1.807, 2.05) is 0 Å². The third kappa shape index (κ3) is 4.68. The van der Waals surface area contributed by atoms with Gasteiger partial charge in [-0.15, -0.1) is 0 Å². The lowest BCUT2D eigenvalue weighted by atomic mass is 9.93. The highest BCUT2D eigenvalue weighted by atomic mass is 32.2. The van der Waals surface area contributed by atoms with Crippen molar-refractivity contribution < 1.29 is 8.95 Å². The molecule has 0 spiro atoms. The maximum absolute atomic E-state index is 11.1. The second-order valence-electron chi connectivity index (χ2n) is 6.36. The number of rotatable bonds is 5. The van der Waals surface area contributed by atoms with Gasteiger partial charge in [0.15, 0.2) is 0 Å². The Morgan fingerprint density at radius 2 is 2.00 bits per heavy atom. The summed E-state index contributed by atoms with van der Waals surface area (Å²) in [6, 6.07) is 0.762. The fourth-order valence-electron chi connectivity index (χ4n) is 2.59. The third-order valence-electron chi connectivity index (χ3n) is 3.40. The summed E-state index contributed by atoms with van der Waals surface area (Å²) in [6.45, 7) is 10.7. The van der Waals surface area contributed by atoms with Crippen LogP contribution < -0.4 is 5.32 Å². The molecule has 4 heteroatoms. The van der Waals surface area contributed by atoms with Crippen LogP contribution in [-0.2, 0) is 15.5 Å². The number of nitrogens with one attached hydrogen (secondary N) is 1. The molecule has 3 atom stereocenters. The summed E-state index contributed by atoms with van der Waals surface area (Å²) in [4.78, 5) is 0. The van der Waals surface area contributed by atoms with Gasteiger partial charge in [-0.2, -0.15) is 0 Å². The highest BCUT2D eigenvalue weighted by molar-refractivity contribution is 7.84. The minimum atomic E-state index is -0.695. The van der Waals surface area contributed by atoms with E-state index in [0.29, 0.717) is 12.1 Å². The molecular formula is C13H27NO2S. The average Bonchev–Trinajstić information content (AvgIpc) is 2.31. The van der Waals surface area contributed by atoms with E-state index < -0.39 is 10.8 Å². The highest BCUT2D eigenvalue weighted by Gasteiger charge is 2.45. The molecule has 1 heterocycles. The van der Waals surface area contributed by atoms with Gasteiger partial charge in [0.05, 0.1) is 11.2 Å². The molecule has 1 N–H and O–H groups in total. The van der Waals surface area contributed by atoms with E-state index in [9.17, 15) is 4.21 Å². The van der Waals surface area contributed by atoms with Crippen molar-refractivity contribution in [2.45, 2.75) is 70.7 Å². The first-order chi connectivity index (χ1) is 7.62. The Morgan fingerprint density at radius 3 is 2.41 bits per heavy atom. The van der Waals surface area contributed by atoms with Crippen LogP contribution in [0.2, 0.25) is 0 Å². The van der Waals surface area contributed by atoms with Crippen LogP contribution in [0.1, 0.15) is 47.5 Å². The number of hydrogen-bond donors (Lipinski definition) is 1. The minimum absolute atomic E-state index is 0.0472. The SMILES string of the molecule is CC(CCS(C)=O)NC1CC(C)(C)OC1(C)C. The molecule has 0 aliphatic carbocycles. The normalized spacial score (nSPS) is 30.1. The highest BCUT2D eigenvalue weighted by Crippen LogP contribution is 2.37. The fourth-order valence-corrected chi connectivity index (χ4v) is 3.28. The van der Waals surface area contributed by atoms with E-state index in [-0.39, 0.29) is 11.2 Å². The molecule has 0 aromatic heterocycles. The first kappa shape index (κ1) is 15.1. The van der Waals surface area contributed by atoms with Crippen LogP contribution in [0, 0.1) is 0 Å². The summed E-state index contributed by atoms with van der Waals surface area (Å²) in [6.07, 6.45) is 3.74. The van der Waals surface area contributed by atoms with Crippen molar-refractivity contribution in [2.75, 3.05) is 12.0 Å². The smallest absolute Gasteiger partial charge is 0.0787 e. The van der Waals surface area contributed by atoms with Gasteiger partial charge in [-0.3, -0.25) is 4.21 Å². The molecule has 1 aliphatic rings. The van der Waals surface area contributed by atoms with Crippen LogP contribution in [0.15, 0.2) is 0 Å². The average molecular weight is 261 g/mol. The molecule has 0 amide bonds. The molecular weight excluding hydrogens is 234 g/mol. The zero-order valence-corrected chi connectivity index (χ0v) is 12.8. The summed E-state index contributed by atoms with van der Waals surface area (Å²) < 4.78 is 17.1. The molecule has 0 aromatic rings. The van der Waals surface area contributed by atoms with Gasteiger partial charge < -0.3 is 10.1 Å². The van der Waals surface area contributed by atoms with Crippen molar-refractivity contribution in [3.8, 4) is 0 Å². The van der Waals surface area contributed by atoms with Crippen molar-refractivity contribution in [3.05, 3.63) is 0 Å². The summed E-state index contributed by atoms with van der Waals surface area (Å²) in [7, 11) is -0.695. The van der Waals surface area contributed by atoms with Gasteiger partial charge in [-0.25, -0.2) is 0 Å². The number of hydrogen-bond acceptors (Lipinski definition) is 3. The van der Waals surface area contributed by atoms with E-state index in [0.717, 1.165) is 18.6 Å². The Hall–Kier alpha value is 0.0700. The summed E-state index contributed by atoms with van der Waals surface area (Å²) in [5.41, 5.74) is -0.169. The second-order valence-corrected chi connectivity index (χ2v) is 7.91. The van der Waals surface area contributed by atoms with E-state index in [1.165, 1.54) is 0 Å². The van der Waals surface area contributed by atoms with Gasteiger partial charge in [-0.05, 0) is 47.5 Å². The van der Waals surface area contributed by atoms with E-state index >= 15 is 0 Å². The van der Waals surface area contributed by atoms with E-state index in [4.69, 9.17) is 4.74 Å². The molecule has 102 valence electrons. The van der Waals surface area contributed by atoms with Crippen molar-refractivity contribution in [3.63, 3.8) is 0 Å². The maximum atomic E-state index is 11.1. The van der Waals surface area contributed by atoms with Crippen LogP contribution in [0.4, 0.5) is 0 Å². The van der Waals surface area contributed by atoms with Crippen LogP contribution in [0.25, 0.3) is 0 Å². The lowest BCUT2D eigenvalue weighted by Crippen LogP contribution is -2.47. The Bertz CT molecular complexity index is 289. The zero-order valence-electron chi connectivity index (χ0n) is 12.0. The van der Waals surface area contributed by atoms with Crippen molar-refractivity contribution in [2.24, 2.45) is 0 Å². The fraction of sp³-hybridized carbons (Fsp3) is 1.00. The van der Waals surface area contributed by atoms with Crippen molar-refractivity contribution in [1.29, 1.82) is 0 Å². The number of ether oxygens (including phenoxy) is 1. The van der Waals surface area contributed by atoms with Gasteiger partial charge in [0.2, 0.25) is 0 Å². The summed E-state index contributed by atoms with van der Waals surface area (Å²) >= 11 is 0. The summed E-state index contributed by atoms with van der Waals surface area (Å²) in [5.74, 6) is 0.769. The summed E-state index contributed by atoms with van der Waals surface area (Å²) in [5, 5.41) is 3.62. The third-order valence-corrected chi connectivity index (χ3v) is 4.21. The van der Waals surface area contributed by atoms with Crippen LogP contribution in [0.3, 0.4) is 0 Å². The molecule has 0 saturated carbocycles. The second kappa shape index (κ2) is 5.37. The van der Waals surface area contributed by atoms with Crippen molar-refractivity contribution >= 4 is 10.8 Å². The van der Waals surface area contributed by atoms with Gasteiger partial charge in [0, 0.05) is 34.9 Å². The monoisotopic (exact) mass is 261 g/mol. The topological polar surface area (TPSA) is 38.3 Å². The van der Waals surface area contributed by atoms with Gasteiger partial charge in [-0.1, -0.05) is 0 Å². The molecule has 0 radical (unpaired) electrons. The standard InChI is InChI=1S/C13H27NO2S/c1-10(7-8-17(6)15)14-11-9-12(2,3)16-13(11,4)5/h10-11,14H,7-9H2,1-6H3. The van der Waals surface area contributed by atoms with Gasteiger partial charge >= 0.3 is 0 Å². The molecule has 1 rings (SSSR count). The molecule has 3 nitrogen and oxygen atoms in total. The van der Waals surface area contributed by atoms with Crippen molar-refractivity contribution in [1.82, 2.24) is 5.32 Å². The lowest BCUT2D eigenvalue weighted by Gasteiger charge is -2.30. The molecule has 0 bridgehead atoms. The molecule has 1 saturated heterocycles. The van der Waals surface area contributed by atoms with Crippen LogP contribution >= 0.6 is 0 Å². The van der Waals surface area contributed by atoms with Gasteiger partial charge in [0.25, 0.3) is 0 Å².